The fourth-order valence-corrected chi connectivity index (χ4v) is 3.51. The van der Waals surface area contributed by atoms with Gasteiger partial charge in [-0.25, -0.2) is 0 Å². The van der Waals surface area contributed by atoms with Crippen LogP contribution >= 0.6 is 0 Å². The van der Waals surface area contributed by atoms with Gasteiger partial charge in [0.2, 0.25) is 5.91 Å². The van der Waals surface area contributed by atoms with Gasteiger partial charge in [0.15, 0.2) is 0 Å². The van der Waals surface area contributed by atoms with E-state index < -0.39 is 0 Å². The fraction of sp³-hybridized carbons (Fsp3) is 0.938. The van der Waals surface area contributed by atoms with Crippen molar-refractivity contribution in [2.24, 2.45) is 23.5 Å². The highest BCUT2D eigenvalue weighted by atomic mass is 16.2. The summed E-state index contributed by atoms with van der Waals surface area (Å²) in [5, 5.41) is 0. The molecule has 3 atom stereocenters. The molecule has 1 saturated carbocycles. The number of amides is 1. The van der Waals surface area contributed by atoms with E-state index in [1.54, 1.807) is 0 Å². The van der Waals surface area contributed by atoms with Crippen LogP contribution in [0.5, 0.6) is 0 Å². The maximum absolute atomic E-state index is 12.6. The summed E-state index contributed by atoms with van der Waals surface area (Å²) in [5.74, 6) is 1.81. The molecule has 1 aliphatic carbocycles. The molecule has 0 aromatic rings. The Kier molecular flexibility index (Phi) is 5.44. The SMILES string of the molecule is CC(C)CN1CCN(C(=O)C2CCC(C)C(N)C2)CC1. The van der Waals surface area contributed by atoms with Crippen molar-refractivity contribution < 1.29 is 4.79 Å². The van der Waals surface area contributed by atoms with Crippen molar-refractivity contribution in [2.75, 3.05) is 32.7 Å². The summed E-state index contributed by atoms with van der Waals surface area (Å²) in [6.07, 6.45) is 3.01. The quantitative estimate of drug-likeness (QED) is 0.854. The second kappa shape index (κ2) is 6.90. The van der Waals surface area contributed by atoms with Crippen molar-refractivity contribution in [1.29, 1.82) is 0 Å². The number of hydrogen-bond donors (Lipinski definition) is 1. The maximum Gasteiger partial charge on any atom is 0.225 e. The first kappa shape index (κ1) is 15.8. The lowest BCUT2D eigenvalue weighted by Crippen LogP contribution is -2.52. The molecule has 1 aliphatic heterocycles. The molecule has 0 aromatic carbocycles. The summed E-state index contributed by atoms with van der Waals surface area (Å²) in [4.78, 5) is 17.1. The first-order chi connectivity index (χ1) is 9.47. The van der Waals surface area contributed by atoms with E-state index in [1.165, 1.54) is 0 Å². The van der Waals surface area contributed by atoms with Gasteiger partial charge in [0.05, 0.1) is 0 Å². The van der Waals surface area contributed by atoms with Crippen LogP contribution in [-0.4, -0.2) is 54.5 Å². The third-order valence-electron chi connectivity index (χ3n) is 4.91. The second-order valence-electron chi connectivity index (χ2n) is 7.17. The topological polar surface area (TPSA) is 49.6 Å². The predicted octanol–water partition coefficient (Wildman–Crippen LogP) is 1.55. The molecule has 20 heavy (non-hydrogen) atoms. The van der Waals surface area contributed by atoms with Gasteiger partial charge in [0.25, 0.3) is 0 Å². The van der Waals surface area contributed by atoms with Gasteiger partial charge in [-0.1, -0.05) is 20.8 Å². The number of rotatable bonds is 3. The van der Waals surface area contributed by atoms with Crippen molar-refractivity contribution >= 4 is 5.91 Å². The van der Waals surface area contributed by atoms with Crippen molar-refractivity contribution in [3.8, 4) is 0 Å². The summed E-state index contributed by atoms with van der Waals surface area (Å²) in [6, 6.07) is 0.208. The molecule has 1 heterocycles. The Morgan fingerprint density at radius 3 is 2.40 bits per heavy atom. The minimum absolute atomic E-state index is 0.179. The van der Waals surface area contributed by atoms with Crippen LogP contribution in [0.2, 0.25) is 0 Å². The summed E-state index contributed by atoms with van der Waals surface area (Å²) in [7, 11) is 0. The molecule has 0 radical (unpaired) electrons. The Morgan fingerprint density at radius 2 is 1.85 bits per heavy atom. The smallest absolute Gasteiger partial charge is 0.225 e. The number of carbonyl (C=O) groups is 1. The molecule has 2 fully saturated rings. The molecule has 116 valence electrons. The van der Waals surface area contributed by atoms with Crippen molar-refractivity contribution in [3.63, 3.8) is 0 Å². The molecule has 2 aliphatic rings. The fourth-order valence-electron chi connectivity index (χ4n) is 3.51. The standard InChI is InChI=1S/C16H31N3O/c1-12(2)11-18-6-8-19(9-7-18)16(20)14-5-4-13(3)15(17)10-14/h12-15H,4-11,17H2,1-3H3. The normalized spacial score (nSPS) is 32.6. The Bertz CT molecular complexity index is 324. The highest BCUT2D eigenvalue weighted by Gasteiger charge is 2.33. The van der Waals surface area contributed by atoms with E-state index in [4.69, 9.17) is 5.73 Å². The number of nitrogens with two attached hydrogens (primary N) is 1. The van der Waals surface area contributed by atoms with Crippen LogP contribution in [0.15, 0.2) is 0 Å². The average molecular weight is 281 g/mol. The lowest BCUT2D eigenvalue weighted by atomic mass is 9.79. The molecule has 0 bridgehead atoms. The maximum atomic E-state index is 12.6. The van der Waals surface area contributed by atoms with E-state index in [0.717, 1.165) is 52.0 Å². The van der Waals surface area contributed by atoms with E-state index in [2.05, 4.69) is 30.6 Å². The van der Waals surface area contributed by atoms with Crippen LogP contribution in [0, 0.1) is 17.8 Å². The zero-order chi connectivity index (χ0) is 14.7. The van der Waals surface area contributed by atoms with Crippen LogP contribution in [0.3, 0.4) is 0 Å². The van der Waals surface area contributed by atoms with Crippen molar-refractivity contribution in [3.05, 3.63) is 0 Å². The summed E-state index contributed by atoms with van der Waals surface area (Å²) >= 11 is 0. The summed E-state index contributed by atoms with van der Waals surface area (Å²) < 4.78 is 0. The third kappa shape index (κ3) is 3.95. The monoisotopic (exact) mass is 281 g/mol. The van der Waals surface area contributed by atoms with E-state index in [1.807, 2.05) is 0 Å². The van der Waals surface area contributed by atoms with E-state index in [-0.39, 0.29) is 12.0 Å². The molecule has 2 N–H and O–H groups in total. The van der Waals surface area contributed by atoms with Crippen LogP contribution < -0.4 is 5.73 Å². The van der Waals surface area contributed by atoms with Crippen molar-refractivity contribution in [2.45, 2.75) is 46.1 Å². The number of nitrogens with zero attached hydrogens (tertiary/aromatic N) is 2. The molecule has 4 nitrogen and oxygen atoms in total. The summed E-state index contributed by atoms with van der Waals surface area (Å²) in [6.45, 7) is 11.7. The first-order valence-electron chi connectivity index (χ1n) is 8.24. The highest BCUT2D eigenvalue weighted by Crippen LogP contribution is 2.29. The second-order valence-corrected chi connectivity index (χ2v) is 7.17. The van der Waals surface area contributed by atoms with Crippen molar-refractivity contribution in [1.82, 2.24) is 9.80 Å². The molecular weight excluding hydrogens is 250 g/mol. The Balaban J connectivity index is 1.80. The molecule has 4 heteroatoms. The van der Waals surface area contributed by atoms with Gasteiger partial charge in [-0.05, 0) is 31.1 Å². The minimum Gasteiger partial charge on any atom is -0.340 e. The molecule has 1 saturated heterocycles. The first-order valence-corrected chi connectivity index (χ1v) is 8.24. The molecule has 2 rings (SSSR count). The largest absolute Gasteiger partial charge is 0.340 e. The molecule has 0 spiro atoms. The Labute approximate surface area is 123 Å². The summed E-state index contributed by atoms with van der Waals surface area (Å²) in [5.41, 5.74) is 6.13. The number of carbonyl (C=O) groups excluding carboxylic acids is 1. The predicted molar refractivity (Wildman–Crippen MR) is 82.3 cm³/mol. The highest BCUT2D eigenvalue weighted by molar-refractivity contribution is 5.79. The lowest BCUT2D eigenvalue weighted by Gasteiger charge is -2.39. The van der Waals surface area contributed by atoms with Gasteiger partial charge in [-0.2, -0.15) is 0 Å². The molecule has 0 aromatic heterocycles. The Morgan fingerprint density at radius 1 is 1.20 bits per heavy atom. The van der Waals surface area contributed by atoms with Crippen LogP contribution in [-0.2, 0) is 4.79 Å². The van der Waals surface area contributed by atoms with Crippen LogP contribution in [0.1, 0.15) is 40.0 Å². The van der Waals surface area contributed by atoms with E-state index in [0.29, 0.717) is 17.7 Å². The third-order valence-corrected chi connectivity index (χ3v) is 4.91. The average Bonchev–Trinajstić information content (AvgIpc) is 2.41. The van der Waals surface area contributed by atoms with Crippen LogP contribution in [0.4, 0.5) is 0 Å². The van der Waals surface area contributed by atoms with E-state index >= 15 is 0 Å². The van der Waals surface area contributed by atoms with Gasteiger partial charge in [-0.15, -0.1) is 0 Å². The van der Waals surface area contributed by atoms with E-state index in [9.17, 15) is 4.79 Å². The number of hydrogen-bond acceptors (Lipinski definition) is 3. The van der Waals surface area contributed by atoms with Gasteiger partial charge >= 0.3 is 0 Å². The zero-order valence-corrected chi connectivity index (χ0v) is 13.3. The van der Waals surface area contributed by atoms with Gasteiger partial charge in [0.1, 0.15) is 0 Å². The van der Waals surface area contributed by atoms with Crippen LogP contribution in [0.25, 0.3) is 0 Å². The lowest BCUT2D eigenvalue weighted by molar-refractivity contribution is -0.138. The number of piperazine rings is 1. The van der Waals surface area contributed by atoms with Gasteiger partial charge in [-0.3, -0.25) is 9.69 Å². The Hall–Kier alpha value is -0.610. The van der Waals surface area contributed by atoms with Gasteiger partial charge in [0, 0.05) is 44.7 Å². The molecule has 1 amide bonds. The molecule has 3 unspecified atom stereocenters. The zero-order valence-electron chi connectivity index (χ0n) is 13.3. The minimum atomic E-state index is 0.179. The van der Waals surface area contributed by atoms with Gasteiger partial charge < -0.3 is 10.6 Å². The molecular formula is C16H31N3O.